The third kappa shape index (κ3) is 3.85. The van der Waals surface area contributed by atoms with Crippen molar-refractivity contribution in [3.05, 3.63) is 121 Å². The molecule has 0 saturated carbocycles. The Labute approximate surface area is 167 Å². The largest absolute Gasteiger partial charge is 0.531 e. The molecule has 138 valence electrons. The first-order valence-electron chi connectivity index (χ1n) is 9.37. The number of hydrogen-bond acceptors (Lipinski definition) is 2. The van der Waals surface area contributed by atoms with E-state index in [1.165, 1.54) is 5.56 Å². The number of hydrogen-bond donors (Lipinski definition) is 0. The SMILES string of the molecule is Cc1ccc([Si](Oc2ccccc2)(Oc2ccccc2)c2ccccc2)cc1. The molecule has 0 unspecified atom stereocenters. The van der Waals surface area contributed by atoms with E-state index in [1.807, 2.05) is 78.9 Å². The van der Waals surface area contributed by atoms with E-state index >= 15 is 0 Å². The average Bonchev–Trinajstić information content (AvgIpc) is 2.76. The number of para-hydroxylation sites is 2. The van der Waals surface area contributed by atoms with Gasteiger partial charge in [-0.25, -0.2) is 0 Å². The minimum absolute atomic E-state index is 0.800. The first kappa shape index (κ1) is 18.1. The van der Waals surface area contributed by atoms with Gasteiger partial charge in [-0.1, -0.05) is 96.6 Å². The minimum Gasteiger partial charge on any atom is -0.506 e. The van der Waals surface area contributed by atoms with Gasteiger partial charge in [-0.3, -0.25) is 0 Å². The van der Waals surface area contributed by atoms with E-state index in [0.29, 0.717) is 0 Å². The lowest BCUT2D eigenvalue weighted by Crippen LogP contribution is -2.68. The summed E-state index contributed by atoms with van der Waals surface area (Å²) in [6, 6.07) is 38.6. The minimum atomic E-state index is -3.05. The van der Waals surface area contributed by atoms with Gasteiger partial charge in [0.25, 0.3) is 0 Å². The summed E-state index contributed by atoms with van der Waals surface area (Å²) in [4.78, 5) is 0. The second-order valence-electron chi connectivity index (χ2n) is 6.68. The van der Waals surface area contributed by atoms with Crippen LogP contribution in [0.5, 0.6) is 11.5 Å². The van der Waals surface area contributed by atoms with Crippen LogP contribution >= 0.6 is 0 Å². The Morgan fingerprint density at radius 1 is 0.464 bits per heavy atom. The van der Waals surface area contributed by atoms with Gasteiger partial charge in [0.2, 0.25) is 0 Å². The van der Waals surface area contributed by atoms with Gasteiger partial charge in [-0.2, -0.15) is 0 Å². The summed E-state index contributed by atoms with van der Waals surface area (Å²) >= 11 is 0. The molecule has 4 rings (SSSR count). The smallest absolute Gasteiger partial charge is 0.506 e. The maximum absolute atomic E-state index is 6.73. The molecule has 0 atom stereocenters. The molecule has 3 heteroatoms. The normalized spacial score (nSPS) is 11.0. The Kier molecular flexibility index (Phi) is 5.26. The van der Waals surface area contributed by atoms with Crippen LogP contribution in [0.15, 0.2) is 115 Å². The molecular formula is C25H22O2Si. The summed E-state index contributed by atoms with van der Waals surface area (Å²) in [5, 5.41) is 2.13. The molecule has 0 heterocycles. The molecular weight excluding hydrogens is 360 g/mol. The predicted molar refractivity (Wildman–Crippen MR) is 117 cm³/mol. The van der Waals surface area contributed by atoms with Crippen LogP contribution in [0, 0.1) is 6.92 Å². The highest BCUT2D eigenvalue weighted by molar-refractivity contribution is 6.93. The van der Waals surface area contributed by atoms with E-state index in [-0.39, 0.29) is 0 Å². The predicted octanol–water partition coefficient (Wildman–Crippen LogP) is 4.71. The lowest BCUT2D eigenvalue weighted by molar-refractivity contribution is 0.417. The van der Waals surface area contributed by atoms with E-state index in [0.717, 1.165) is 21.9 Å². The van der Waals surface area contributed by atoms with Gasteiger partial charge in [0, 0.05) is 10.4 Å². The van der Waals surface area contributed by atoms with Crippen molar-refractivity contribution in [1.82, 2.24) is 0 Å². The maximum Gasteiger partial charge on any atom is 0.531 e. The van der Waals surface area contributed by atoms with Crippen molar-refractivity contribution in [1.29, 1.82) is 0 Å². The fraction of sp³-hybridized carbons (Fsp3) is 0.0400. The first-order chi connectivity index (χ1) is 13.8. The number of aryl methyl sites for hydroxylation is 1. The van der Waals surface area contributed by atoms with E-state index in [9.17, 15) is 0 Å². The standard InChI is InChI=1S/C25H22O2Si/c1-21-17-19-25(20-18-21)28(24-15-9-4-10-16-24,26-22-11-5-2-6-12-22)27-23-13-7-3-8-14-23/h2-20H,1H3. The van der Waals surface area contributed by atoms with Crippen LogP contribution in [0.4, 0.5) is 0 Å². The molecule has 0 aliphatic rings. The van der Waals surface area contributed by atoms with E-state index in [1.54, 1.807) is 0 Å². The number of rotatable bonds is 6. The lowest BCUT2D eigenvalue weighted by atomic mass is 10.2. The molecule has 0 spiro atoms. The van der Waals surface area contributed by atoms with Crippen LogP contribution in [-0.4, -0.2) is 8.56 Å². The molecule has 0 aliphatic heterocycles. The van der Waals surface area contributed by atoms with E-state index in [2.05, 4.69) is 43.3 Å². The second-order valence-corrected chi connectivity index (χ2v) is 9.47. The van der Waals surface area contributed by atoms with Gasteiger partial charge < -0.3 is 8.85 Å². The second kappa shape index (κ2) is 8.15. The van der Waals surface area contributed by atoms with Crippen LogP contribution in [0.2, 0.25) is 0 Å². The van der Waals surface area contributed by atoms with Gasteiger partial charge in [0.1, 0.15) is 11.5 Å². The van der Waals surface area contributed by atoms with Crippen molar-refractivity contribution in [3.8, 4) is 11.5 Å². The molecule has 28 heavy (non-hydrogen) atoms. The summed E-state index contributed by atoms with van der Waals surface area (Å²) in [5.41, 5.74) is 1.21. The maximum atomic E-state index is 6.73. The lowest BCUT2D eigenvalue weighted by Gasteiger charge is -2.32. The molecule has 0 bridgehead atoms. The third-order valence-corrected chi connectivity index (χ3v) is 7.83. The zero-order chi connectivity index (χ0) is 19.2. The molecule has 4 aromatic rings. The summed E-state index contributed by atoms with van der Waals surface area (Å²) < 4.78 is 13.5. The van der Waals surface area contributed by atoms with Crippen molar-refractivity contribution in [2.45, 2.75) is 6.92 Å². The van der Waals surface area contributed by atoms with Gasteiger partial charge in [-0.05, 0) is 31.2 Å². The summed E-state index contributed by atoms with van der Waals surface area (Å²) in [7, 11) is -3.05. The van der Waals surface area contributed by atoms with E-state index in [4.69, 9.17) is 8.85 Å². The van der Waals surface area contributed by atoms with Crippen molar-refractivity contribution >= 4 is 18.9 Å². The molecule has 4 aromatic carbocycles. The van der Waals surface area contributed by atoms with Crippen molar-refractivity contribution in [3.63, 3.8) is 0 Å². The van der Waals surface area contributed by atoms with Gasteiger partial charge in [0.05, 0.1) is 0 Å². The monoisotopic (exact) mass is 382 g/mol. The first-order valence-corrected chi connectivity index (χ1v) is 11.2. The van der Waals surface area contributed by atoms with Crippen molar-refractivity contribution in [2.75, 3.05) is 0 Å². The average molecular weight is 383 g/mol. The zero-order valence-electron chi connectivity index (χ0n) is 15.8. The molecule has 0 saturated heterocycles. The molecule has 0 amide bonds. The van der Waals surface area contributed by atoms with Crippen LogP contribution in [0.25, 0.3) is 0 Å². The Balaban J connectivity index is 1.91. The molecule has 0 fully saturated rings. The van der Waals surface area contributed by atoms with Gasteiger partial charge in [0.15, 0.2) is 0 Å². The topological polar surface area (TPSA) is 18.5 Å². The summed E-state index contributed by atoms with van der Waals surface area (Å²) in [6.45, 7) is 2.09. The highest BCUT2D eigenvalue weighted by atomic mass is 28.4. The summed E-state index contributed by atoms with van der Waals surface area (Å²) in [5.74, 6) is 1.60. The molecule has 2 nitrogen and oxygen atoms in total. The zero-order valence-corrected chi connectivity index (χ0v) is 16.8. The molecule has 0 aliphatic carbocycles. The van der Waals surface area contributed by atoms with Crippen molar-refractivity contribution in [2.24, 2.45) is 0 Å². The van der Waals surface area contributed by atoms with Gasteiger partial charge >= 0.3 is 8.56 Å². The Hall–Kier alpha value is -3.30. The summed E-state index contributed by atoms with van der Waals surface area (Å²) in [6.07, 6.45) is 0. The fourth-order valence-electron chi connectivity index (χ4n) is 3.16. The van der Waals surface area contributed by atoms with Crippen molar-refractivity contribution < 1.29 is 8.85 Å². The van der Waals surface area contributed by atoms with Crippen LogP contribution < -0.4 is 19.2 Å². The number of benzene rings is 4. The highest BCUT2D eigenvalue weighted by Crippen LogP contribution is 2.21. The molecule has 0 N–H and O–H groups in total. The van der Waals surface area contributed by atoms with Crippen LogP contribution in [0.1, 0.15) is 5.56 Å². The molecule has 0 radical (unpaired) electrons. The quantitative estimate of drug-likeness (QED) is 0.450. The van der Waals surface area contributed by atoms with Crippen LogP contribution in [0.3, 0.4) is 0 Å². The Morgan fingerprint density at radius 2 is 0.857 bits per heavy atom. The van der Waals surface area contributed by atoms with Crippen LogP contribution in [-0.2, 0) is 0 Å². The molecule has 0 aromatic heterocycles. The Bertz CT molecular complexity index is 959. The Morgan fingerprint density at radius 3 is 1.32 bits per heavy atom. The third-order valence-electron chi connectivity index (χ3n) is 4.60. The van der Waals surface area contributed by atoms with E-state index < -0.39 is 8.56 Å². The highest BCUT2D eigenvalue weighted by Gasteiger charge is 2.47. The fourth-order valence-corrected chi connectivity index (χ4v) is 6.18. The van der Waals surface area contributed by atoms with Gasteiger partial charge in [-0.15, -0.1) is 0 Å².